The lowest BCUT2D eigenvalue weighted by atomic mass is 10.1. The second kappa shape index (κ2) is 8.42. The summed E-state index contributed by atoms with van der Waals surface area (Å²) in [7, 11) is 0. The van der Waals surface area contributed by atoms with E-state index in [1.807, 2.05) is 43.5 Å². The highest BCUT2D eigenvalue weighted by Gasteiger charge is 2.11. The van der Waals surface area contributed by atoms with E-state index in [9.17, 15) is 0 Å². The van der Waals surface area contributed by atoms with Gasteiger partial charge in [0.05, 0.1) is 6.61 Å². The van der Waals surface area contributed by atoms with Gasteiger partial charge in [-0.25, -0.2) is 0 Å². The number of aromatic nitrogens is 1. The monoisotopic (exact) mass is 284 g/mol. The number of nitrogens with zero attached hydrogens (tertiary/aromatic N) is 1. The first-order valence-electron chi connectivity index (χ1n) is 7.63. The van der Waals surface area contributed by atoms with Crippen molar-refractivity contribution in [3.8, 4) is 5.75 Å². The van der Waals surface area contributed by atoms with E-state index >= 15 is 0 Å². The third-order valence-electron chi connectivity index (χ3n) is 3.40. The Bertz CT molecular complexity index is 511. The van der Waals surface area contributed by atoms with E-state index in [0.717, 1.165) is 30.8 Å². The van der Waals surface area contributed by atoms with Crippen molar-refractivity contribution in [1.29, 1.82) is 0 Å². The molecule has 0 saturated heterocycles. The maximum absolute atomic E-state index is 5.80. The summed E-state index contributed by atoms with van der Waals surface area (Å²) < 4.78 is 5.80. The topological polar surface area (TPSA) is 34.1 Å². The number of pyridine rings is 1. The normalized spacial score (nSPS) is 12.1. The lowest BCUT2D eigenvalue weighted by Gasteiger charge is -2.19. The van der Waals surface area contributed by atoms with Gasteiger partial charge in [0.1, 0.15) is 5.75 Å². The van der Waals surface area contributed by atoms with Gasteiger partial charge in [0.15, 0.2) is 0 Å². The van der Waals surface area contributed by atoms with Gasteiger partial charge in [0.25, 0.3) is 0 Å². The molecular weight excluding hydrogens is 260 g/mol. The van der Waals surface area contributed by atoms with Crippen LogP contribution in [-0.2, 0) is 0 Å². The Labute approximate surface area is 127 Å². The zero-order valence-electron chi connectivity index (χ0n) is 12.9. The number of ether oxygens (including phenoxy) is 1. The quantitative estimate of drug-likeness (QED) is 0.798. The Hall–Kier alpha value is -1.87. The van der Waals surface area contributed by atoms with E-state index in [1.165, 1.54) is 5.56 Å². The lowest BCUT2D eigenvalue weighted by Crippen LogP contribution is -2.24. The highest BCUT2D eigenvalue weighted by atomic mass is 16.5. The van der Waals surface area contributed by atoms with Crippen LogP contribution in [-0.4, -0.2) is 18.1 Å². The molecule has 1 N–H and O–H groups in total. The van der Waals surface area contributed by atoms with Crippen molar-refractivity contribution >= 4 is 0 Å². The summed E-state index contributed by atoms with van der Waals surface area (Å²) in [5.74, 6) is 0.925. The summed E-state index contributed by atoms with van der Waals surface area (Å²) >= 11 is 0. The fraction of sp³-hybridized carbons (Fsp3) is 0.389. The van der Waals surface area contributed by atoms with Crippen molar-refractivity contribution in [3.05, 3.63) is 59.9 Å². The predicted octanol–water partition coefficient (Wildman–Crippen LogP) is 3.90. The Morgan fingerprint density at radius 3 is 2.62 bits per heavy atom. The highest BCUT2D eigenvalue weighted by molar-refractivity contribution is 5.21. The first-order chi connectivity index (χ1) is 10.3. The van der Waals surface area contributed by atoms with Gasteiger partial charge in [-0.05, 0) is 43.7 Å². The molecule has 1 aromatic carbocycles. The molecule has 1 aromatic heterocycles. The fourth-order valence-corrected chi connectivity index (χ4v) is 2.20. The number of para-hydroxylation sites is 1. The molecular formula is C18H24N2O. The van der Waals surface area contributed by atoms with Crippen LogP contribution in [0.5, 0.6) is 5.75 Å². The Morgan fingerprint density at radius 2 is 1.95 bits per heavy atom. The number of nitrogens with one attached hydrogen (secondary N) is 1. The average Bonchev–Trinajstić information content (AvgIpc) is 2.53. The summed E-state index contributed by atoms with van der Waals surface area (Å²) in [6, 6.07) is 14.5. The molecule has 2 rings (SSSR count). The third kappa shape index (κ3) is 5.20. The van der Waals surface area contributed by atoms with Crippen LogP contribution in [0.25, 0.3) is 0 Å². The van der Waals surface area contributed by atoms with Crippen molar-refractivity contribution in [2.45, 2.75) is 32.7 Å². The second-order valence-electron chi connectivity index (χ2n) is 5.19. The summed E-state index contributed by atoms with van der Waals surface area (Å²) in [5, 5.41) is 3.57. The number of rotatable bonds is 8. The lowest BCUT2D eigenvalue weighted by molar-refractivity contribution is 0.286. The second-order valence-corrected chi connectivity index (χ2v) is 5.19. The molecule has 0 saturated carbocycles. The SMILES string of the molecule is CCCNC(CCOc1ccccc1)c1ccc(C)nc1. The van der Waals surface area contributed by atoms with Gasteiger partial charge in [0, 0.05) is 24.4 Å². The van der Waals surface area contributed by atoms with Crippen molar-refractivity contribution in [1.82, 2.24) is 10.3 Å². The van der Waals surface area contributed by atoms with Gasteiger partial charge in [-0.15, -0.1) is 0 Å². The number of hydrogen-bond acceptors (Lipinski definition) is 3. The molecule has 1 atom stereocenters. The van der Waals surface area contributed by atoms with Gasteiger partial charge < -0.3 is 10.1 Å². The minimum Gasteiger partial charge on any atom is -0.494 e. The van der Waals surface area contributed by atoms with E-state index in [4.69, 9.17) is 4.74 Å². The van der Waals surface area contributed by atoms with Crippen molar-refractivity contribution < 1.29 is 4.74 Å². The van der Waals surface area contributed by atoms with Gasteiger partial charge >= 0.3 is 0 Å². The van der Waals surface area contributed by atoms with E-state index in [-0.39, 0.29) is 0 Å². The number of aryl methyl sites for hydroxylation is 1. The summed E-state index contributed by atoms with van der Waals surface area (Å²) in [6.45, 7) is 5.89. The van der Waals surface area contributed by atoms with Crippen molar-refractivity contribution in [2.75, 3.05) is 13.2 Å². The molecule has 0 aliphatic carbocycles. The van der Waals surface area contributed by atoms with E-state index in [0.29, 0.717) is 12.6 Å². The van der Waals surface area contributed by atoms with Crippen LogP contribution in [0.4, 0.5) is 0 Å². The average molecular weight is 284 g/mol. The van der Waals surface area contributed by atoms with Gasteiger partial charge in [-0.3, -0.25) is 4.98 Å². The Morgan fingerprint density at radius 1 is 1.14 bits per heavy atom. The van der Waals surface area contributed by atoms with E-state index in [1.54, 1.807) is 0 Å². The largest absolute Gasteiger partial charge is 0.494 e. The molecule has 3 nitrogen and oxygen atoms in total. The highest BCUT2D eigenvalue weighted by Crippen LogP contribution is 2.17. The first-order valence-corrected chi connectivity index (χ1v) is 7.63. The maximum Gasteiger partial charge on any atom is 0.119 e. The molecule has 1 heterocycles. The summed E-state index contributed by atoms with van der Waals surface area (Å²) in [4.78, 5) is 4.39. The minimum atomic E-state index is 0.293. The van der Waals surface area contributed by atoms with Crippen LogP contribution in [0.2, 0.25) is 0 Å². The zero-order chi connectivity index (χ0) is 14.9. The molecule has 1 unspecified atom stereocenters. The van der Waals surface area contributed by atoms with Crippen LogP contribution >= 0.6 is 0 Å². The fourth-order valence-electron chi connectivity index (χ4n) is 2.20. The third-order valence-corrected chi connectivity index (χ3v) is 3.40. The number of hydrogen-bond donors (Lipinski definition) is 1. The van der Waals surface area contributed by atoms with Crippen LogP contribution in [0, 0.1) is 6.92 Å². The molecule has 0 fully saturated rings. The standard InChI is InChI=1S/C18H24N2O/c1-3-12-19-18(16-10-9-15(2)20-14-16)11-13-21-17-7-5-4-6-8-17/h4-10,14,18-19H,3,11-13H2,1-2H3. The molecule has 0 aliphatic rings. The van der Waals surface area contributed by atoms with Gasteiger partial charge in [-0.2, -0.15) is 0 Å². The first kappa shape index (κ1) is 15.5. The molecule has 112 valence electrons. The molecule has 0 radical (unpaired) electrons. The Kier molecular flexibility index (Phi) is 6.22. The van der Waals surface area contributed by atoms with Gasteiger partial charge in [0.2, 0.25) is 0 Å². The summed E-state index contributed by atoms with van der Waals surface area (Å²) in [6.07, 6.45) is 4.01. The van der Waals surface area contributed by atoms with Crippen LogP contribution in [0.15, 0.2) is 48.7 Å². The van der Waals surface area contributed by atoms with Crippen LogP contribution in [0.1, 0.15) is 37.1 Å². The molecule has 2 aromatic rings. The van der Waals surface area contributed by atoms with Crippen molar-refractivity contribution in [2.24, 2.45) is 0 Å². The van der Waals surface area contributed by atoms with E-state index < -0.39 is 0 Å². The Balaban J connectivity index is 1.91. The molecule has 3 heteroatoms. The molecule has 0 amide bonds. The van der Waals surface area contributed by atoms with Crippen LogP contribution in [0.3, 0.4) is 0 Å². The number of benzene rings is 1. The zero-order valence-corrected chi connectivity index (χ0v) is 12.9. The minimum absolute atomic E-state index is 0.293. The van der Waals surface area contributed by atoms with Crippen LogP contribution < -0.4 is 10.1 Å². The van der Waals surface area contributed by atoms with Crippen molar-refractivity contribution in [3.63, 3.8) is 0 Å². The molecule has 0 spiro atoms. The molecule has 0 aliphatic heterocycles. The predicted molar refractivity (Wildman–Crippen MR) is 86.6 cm³/mol. The summed E-state index contributed by atoms with van der Waals surface area (Å²) in [5.41, 5.74) is 2.28. The molecule has 21 heavy (non-hydrogen) atoms. The van der Waals surface area contributed by atoms with Gasteiger partial charge in [-0.1, -0.05) is 31.2 Å². The smallest absolute Gasteiger partial charge is 0.119 e. The molecule has 0 bridgehead atoms. The maximum atomic E-state index is 5.80. The van der Waals surface area contributed by atoms with E-state index in [2.05, 4.69) is 29.4 Å².